The van der Waals surface area contributed by atoms with E-state index in [9.17, 15) is 0 Å². The number of imidazole rings is 1. The number of unbranched alkanes of at least 4 members (excludes halogenated alkanes) is 16. The van der Waals surface area contributed by atoms with Gasteiger partial charge in [-0.05, 0) is 62.5 Å². The molecule has 2 aromatic carbocycles. The summed E-state index contributed by atoms with van der Waals surface area (Å²) >= 11 is 0. The van der Waals surface area contributed by atoms with E-state index in [1.54, 1.807) is 5.82 Å². The van der Waals surface area contributed by atoms with Gasteiger partial charge in [0.2, 0.25) is 0 Å². The molecule has 3 aromatic rings. The van der Waals surface area contributed by atoms with Gasteiger partial charge >= 0.3 is 0 Å². The van der Waals surface area contributed by atoms with Crippen LogP contribution in [0.5, 0.6) is 0 Å². The summed E-state index contributed by atoms with van der Waals surface area (Å²) in [7, 11) is 0. The van der Waals surface area contributed by atoms with E-state index in [4.69, 9.17) is 0 Å². The molecule has 0 spiro atoms. The largest absolute Gasteiger partial charge is 0.256 e. The smallest absolute Gasteiger partial charge is 0.234 e. The zero-order valence-corrected chi connectivity index (χ0v) is 29.7. The van der Waals surface area contributed by atoms with Gasteiger partial charge in [0.1, 0.15) is 12.4 Å². The first kappa shape index (κ1) is 37.1. The lowest BCUT2D eigenvalue weighted by Crippen LogP contribution is -2.38. The average molecular weight is 614 g/mol. The van der Waals surface area contributed by atoms with Crippen LogP contribution in [0.3, 0.4) is 0 Å². The average Bonchev–Trinajstić information content (AvgIpc) is 3.48. The molecule has 0 N–H and O–H groups in total. The minimum atomic E-state index is 0.534. The molecule has 3 rings (SSSR count). The van der Waals surface area contributed by atoms with Crippen LogP contribution in [-0.2, 0) is 19.4 Å². The van der Waals surface area contributed by atoms with Crippen molar-refractivity contribution in [1.29, 1.82) is 0 Å². The Labute approximate surface area is 279 Å². The molecule has 1 heterocycles. The number of hydrogen-bond acceptors (Lipinski definition) is 0. The highest BCUT2D eigenvalue weighted by atomic mass is 15.2. The summed E-state index contributed by atoms with van der Waals surface area (Å²) < 4.78 is 5.24. The maximum Gasteiger partial charge on any atom is 0.256 e. The van der Waals surface area contributed by atoms with Crippen LogP contribution >= 0.6 is 0 Å². The van der Waals surface area contributed by atoms with Crippen molar-refractivity contribution < 1.29 is 4.57 Å². The molecule has 0 fully saturated rings. The summed E-state index contributed by atoms with van der Waals surface area (Å²) in [4.78, 5) is 0. The molecule has 2 atom stereocenters. The van der Waals surface area contributed by atoms with Gasteiger partial charge in [-0.25, -0.2) is 9.13 Å². The summed E-state index contributed by atoms with van der Waals surface area (Å²) in [5.41, 5.74) is 2.92. The fraction of sp³-hybridized carbons (Fsp3) is 0.651. The normalized spacial score (nSPS) is 12.9. The van der Waals surface area contributed by atoms with Gasteiger partial charge in [-0.1, -0.05) is 171 Å². The molecule has 0 aliphatic heterocycles. The second-order valence-corrected chi connectivity index (χ2v) is 13.9. The molecule has 2 unspecified atom stereocenters. The fourth-order valence-corrected chi connectivity index (χ4v) is 7.15. The Balaban J connectivity index is 1.48. The first-order valence-corrected chi connectivity index (χ1v) is 19.4. The third-order valence-corrected chi connectivity index (χ3v) is 10.1. The van der Waals surface area contributed by atoms with Crippen LogP contribution < -0.4 is 4.57 Å². The van der Waals surface area contributed by atoms with Crippen molar-refractivity contribution in [2.24, 2.45) is 0 Å². The molecular formula is C43H69N2+. The quantitative estimate of drug-likeness (QED) is 0.0597. The van der Waals surface area contributed by atoms with Crippen LogP contribution in [0.15, 0.2) is 73.1 Å². The predicted octanol–water partition coefficient (Wildman–Crippen LogP) is 12.7. The predicted molar refractivity (Wildman–Crippen MR) is 196 cm³/mol. The lowest BCUT2D eigenvalue weighted by molar-refractivity contribution is -0.704. The zero-order chi connectivity index (χ0) is 31.8. The summed E-state index contributed by atoms with van der Waals surface area (Å²) in [5.74, 6) is 2.07. The first-order valence-electron chi connectivity index (χ1n) is 19.4. The Hall–Kier alpha value is -2.35. The van der Waals surface area contributed by atoms with E-state index in [1.807, 2.05) is 0 Å². The molecule has 2 heteroatoms. The van der Waals surface area contributed by atoms with Gasteiger partial charge in [-0.15, -0.1) is 0 Å². The highest BCUT2D eigenvalue weighted by Gasteiger charge is 2.23. The molecule has 250 valence electrons. The van der Waals surface area contributed by atoms with Crippen molar-refractivity contribution in [3.8, 4) is 0 Å². The highest BCUT2D eigenvalue weighted by Crippen LogP contribution is 2.27. The number of nitrogens with zero attached hydrogens (tertiary/aromatic N) is 2. The number of aromatic nitrogens is 2. The van der Waals surface area contributed by atoms with E-state index >= 15 is 0 Å². The van der Waals surface area contributed by atoms with Crippen molar-refractivity contribution in [3.05, 3.63) is 90.0 Å². The van der Waals surface area contributed by atoms with Crippen LogP contribution in [-0.4, -0.2) is 4.57 Å². The van der Waals surface area contributed by atoms with Crippen LogP contribution in [0.25, 0.3) is 0 Å². The molecule has 2 nitrogen and oxygen atoms in total. The van der Waals surface area contributed by atoms with Crippen molar-refractivity contribution >= 4 is 0 Å². The van der Waals surface area contributed by atoms with Crippen molar-refractivity contribution in [1.82, 2.24) is 4.57 Å². The SMILES string of the molecule is CCCCCCCCCCCCCCCCC(C)n1cc[n+](CCCCCC)c1CCC(Cc1ccccc1)c1ccccc1. The van der Waals surface area contributed by atoms with Gasteiger partial charge < -0.3 is 0 Å². The fourth-order valence-electron chi connectivity index (χ4n) is 7.15. The third kappa shape index (κ3) is 15.2. The van der Waals surface area contributed by atoms with E-state index in [-0.39, 0.29) is 0 Å². The Bertz CT molecular complexity index is 1090. The van der Waals surface area contributed by atoms with Gasteiger partial charge in [-0.3, -0.25) is 0 Å². The summed E-state index contributed by atoms with van der Waals surface area (Å²) in [6, 6.07) is 22.9. The Morgan fingerprint density at radius 3 is 1.67 bits per heavy atom. The molecule has 0 amide bonds. The molecule has 0 bridgehead atoms. The lowest BCUT2D eigenvalue weighted by Gasteiger charge is -2.18. The standard InChI is InChI=1S/C43H69N2/c1-4-6-8-10-11-12-13-14-15-16-17-18-19-22-28-39(3)45-37-36-44(35-27-9-7-5-2)43(45)34-33-42(41-31-25-21-26-32-41)38-40-29-23-20-24-30-40/h20-21,23-26,29-32,36-37,39,42H,4-19,22,27-28,33-35,38H2,1-3H3/q+1. The summed E-state index contributed by atoms with van der Waals surface area (Å²) in [5, 5.41) is 0. The minimum absolute atomic E-state index is 0.534. The van der Waals surface area contributed by atoms with E-state index in [2.05, 4.69) is 103 Å². The maximum absolute atomic E-state index is 2.65. The van der Waals surface area contributed by atoms with Crippen LogP contribution in [0.4, 0.5) is 0 Å². The molecule has 45 heavy (non-hydrogen) atoms. The number of hydrogen-bond donors (Lipinski definition) is 0. The maximum atomic E-state index is 2.65. The first-order chi connectivity index (χ1) is 22.2. The van der Waals surface area contributed by atoms with Crippen LogP contribution in [0.2, 0.25) is 0 Å². The number of rotatable bonds is 27. The molecule has 0 aliphatic carbocycles. The van der Waals surface area contributed by atoms with E-state index in [0.717, 1.165) is 19.4 Å². The summed E-state index contributed by atoms with van der Waals surface area (Å²) in [6.45, 7) is 8.24. The van der Waals surface area contributed by atoms with Gasteiger partial charge in [0.15, 0.2) is 0 Å². The van der Waals surface area contributed by atoms with Crippen molar-refractivity contribution in [2.75, 3.05) is 0 Å². The van der Waals surface area contributed by atoms with Crippen LogP contribution in [0, 0.1) is 0 Å². The van der Waals surface area contributed by atoms with Crippen molar-refractivity contribution in [2.45, 2.75) is 181 Å². The third-order valence-electron chi connectivity index (χ3n) is 10.1. The van der Waals surface area contributed by atoms with E-state index in [0.29, 0.717) is 12.0 Å². The molecule has 0 saturated carbocycles. The molecule has 0 radical (unpaired) electrons. The Morgan fingerprint density at radius 2 is 1.09 bits per heavy atom. The van der Waals surface area contributed by atoms with Gasteiger partial charge in [0.05, 0.1) is 12.6 Å². The topological polar surface area (TPSA) is 8.81 Å². The summed E-state index contributed by atoms with van der Waals surface area (Å²) in [6.07, 6.45) is 34.8. The molecular weight excluding hydrogens is 544 g/mol. The van der Waals surface area contributed by atoms with Gasteiger partial charge in [-0.2, -0.15) is 0 Å². The second-order valence-electron chi connectivity index (χ2n) is 13.9. The number of benzene rings is 2. The van der Waals surface area contributed by atoms with Gasteiger partial charge in [0.25, 0.3) is 5.82 Å². The highest BCUT2D eigenvalue weighted by molar-refractivity contribution is 5.24. The molecule has 0 saturated heterocycles. The second kappa shape index (κ2) is 23.9. The minimum Gasteiger partial charge on any atom is -0.234 e. The van der Waals surface area contributed by atoms with E-state index in [1.165, 1.54) is 140 Å². The lowest BCUT2D eigenvalue weighted by atomic mass is 9.88. The van der Waals surface area contributed by atoms with Crippen molar-refractivity contribution in [3.63, 3.8) is 0 Å². The van der Waals surface area contributed by atoms with E-state index < -0.39 is 0 Å². The molecule has 1 aromatic heterocycles. The number of aryl methyl sites for hydroxylation is 1. The van der Waals surface area contributed by atoms with Crippen LogP contribution in [0.1, 0.15) is 178 Å². The molecule has 0 aliphatic rings. The Morgan fingerprint density at radius 1 is 0.578 bits per heavy atom. The Kier molecular flexibility index (Phi) is 19.7. The monoisotopic (exact) mass is 614 g/mol. The zero-order valence-electron chi connectivity index (χ0n) is 29.7. The van der Waals surface area contributed by atoms with Gasteiger partial charge in [0, 0.05) is 6.42 Å².